The third-order valence-corrected chi connectivity index (χ3v) is 4.78. The van der Waals surface area contributed by atoms with Crippen molar-refractivity contribution in [2.45, 2.75) is 36.8 Å². The van der Waals surface area contributed by atoms with Crippen LogP contribution in [0.5, 0.6) is 0 Å². The van der Waals surface area contributed by atoms with Crippen molar-refractivity contribution in [3.63, 3.8) is 0 Å². The first-order chi connectivity index (χ1) is 11.7. The van der Waals surface area contributed by atoms with Crippen molar-refractivity contribution in [3.8, 4) is 5.69 Å². The molecule has 1 aromatic carbocycles. The van der Waals surface area contributed by atoms with E-state index in [-0.39, 0.29) is 16.4 Å². The number of nitrogens with zero attached hydrogens (tertiary/aromatic N) is 3. The molecule has 0 radical (unpaired) electrons. The van der Waals surface area contributed by atoms with Crippen LogP contribution in [0.15, 0.2) is 35.2 Å². The molecule has 2 aromatic rings. The van der Waals surface area contributed by atoms with E-state index in [1.54, 1.807) is 0 Å². The average Bonchev–Trinajstić information content (AvgIpc) is 3.00. The van der Waals surface area contributed by atoms with Gasteiger partial charge in [0.25, 0.3) is 5.82 Å². The smallest absolute Gasteiger partial charge is 0.225 e. The Morgan fingerprint density at radius 1 is 1.12 bits per heavy atom. The zero-order valence-electron chi connectivity index (χ0n) is 13.0. The Bertz CT molecular complexity index is 915. The van der Waals surface area contributed by atoms with Crippen LogP contribution in [0, 0.1) is 0 Å². The molecule has 1 aliphatic rings. The van der Waals surface area contributed by atoms with Gasteiger partial charge in [-0.15, -0.1) is 5.10 Å². The molecule has 0 fully saturated rings. The normalized spacial score (nSPS) is 15.9. The predicted octanol–water partition coefficient (Wildman–Crippen LogP) is 2.89. The van der Waals surface area contributed by atoms with Crippen LogP contribution in [0.2, 0.25) is 0 Å². The van der Waals surface area contributed by atoms with Gasteiger partial charge in [0.15, 0.2) is 5.82 Å². The topological polar surface area (TPSA) is 90.9 Å². The summed E-state index contributed by atoms with van der Waals surface area (Å²) >= 11 is 0. The Balaban J connectivity index is 2.11. The van der Waals surface area contributed by atoms with Crippen molar-refractivity contribution in [3.05, 3.63) is 42.0 Å². The zero-order chi connectivity index (χ0) is 18.2. The molecule has 0 aliphatic heterocycles. The summed E-state index contributed by atoms with van der Waals surface area (Å²) in [5.41, 5.74) is 0.974. The van der Waals surface area contributed by atoms with Gasteiger partial charge in [-0.25, -0.2) is 23.2 Å². The van der Waals surface area contributed by atoms with Crippen LogP contribution in [-0.4, -0.2) is 23.2 Å². The van der Waals surface area contributed by atoms with Crippen molar-refractivity contribution >= 4 is 15.6 Å². The second kappa shape index (κ2) is 6.26. The molecule has 6 nitrogen and oxygen atoms in total. The number of allylic oxidation sites excluding steroid dienone is 2. The van der Waals surface area contributed by atoms with Gasteiger partial charge in [0.2, 0.25) is 10.0 Å². The van der Waals surface area contributed by atoms with Crippen LogP contribution in [0.4, 0.5) is 13.2 Å². The van der Waals surface area contributed by atoms with Crippen LogP contribution in [0.25, 0.3) is 11.3 Å². The van der Waals surface area contributed by atoms with Gasteiger partial charge in [0.05, 0.1) is 10.6 Å². The van der Waals surface area contributed by atoms with Gasteiger partial charge < -0.3 is 0 Å². The summed E-state index contributed by atoms with van der Waals surface area (Å²) in [6, 6.07) is 5.14. The highest BCUT2D eigenvalue weighted by Crippen LogP contribution is 2.32. The molecule has 0 atom stereocenters. The molecule has 25 heavy (non-hydrogen) atoms. The highest BCUT2D eigenvalue weighted by molar-refractivity contribution is 7.89. The number of primary sulfonamides is 1. The minimum atomic E-state index is -4.67. The molecule has 134 valence electrons. The van der Waals surface area contributed by atoms with E-state index < -0.39 is 22.0 Å². The lowest BCUT2D eigenvalue weighted by molar-refractivity contribution is -0.144. The summed E-state index contributed by atoms with van der Waals surface area (Å²) in [5.74, 6) is -1.11. The number of nitrogens with two attached hydrogens (primary N) is 1. The molecule has 0 saturated heterocycles. The zero-order valence-corrected chi connectivity index (χ0v) is 13.8. The van der Waals surface area contributed by atoms with Gasteiger partial charge in [0.1, 0.15) is 0 Å². The lowest BCUT2D eigenvalue weighted by Gasteiger charge is -2.13. The maximum Gasteiger partial charge on any atom is 0.453 e. The highest BCUT2D eigenvalue weighted by atomic mass is 32.2. The summed E-state index contributed by atoms with van der Waals surface area (Å²) in [4.78, 5) is 3.53. The van der Waals surface area contributed by atoms with E-state index in [2.05, 4.69) is 10.1 Å². The quantitative estimate of drug-likeness (QED) is 0.897. The minimum absolute atomic E-state index is 0.121. The maximum atomic E-state index is 13.0. The summed E-state index contributed by atoms with van der Waals surface area (Å²) in [6.07, 6.45) is 0.426. The Labute approximate surface area is 142 Å². The summed E-state index contributed by atoms with van der Waals surface area (Å²) in [6.45, 7) is 0. The monoisotopic (exact) mass is 372 g/mol. The lowest BCUT2D eigenvalue weighted by Crippen LogP contribution is -2.12. The van der Waals surface area contributed by atoms with Crippen molar-refractivity contribution in [2.24, 2.45) is 5.14 Å². The van der Waals surface area contributed by atoms with Gasteiger partial charge in [-0.2, -0.15) is 13.2 Å². The van der Waals surface area contributed by atoms with Gasteiger partial charge in [0, 0.05) is 0 Å². The number of aromatic nitrogens is 3. The number of hydrogen-bond donors (Lipinski definition) is 1. The average molecular weight is 372 g/mol. The molecule has 0 bridgehead atoms. The molecule has 0 amide bonds. The second-order valence-electron chi connectivity index (χ2n) is 5.68. The third kappa shape index (κ3) is 3.74. The van der Waals surface area contributed by atoms with Gasteiger partial charge in [-0.05, 0) is 55.5 Å². The molecular weight excluding hydrogens is 357 g/mol. The fraction of sp³-hybridized carbons (Fsp3) is 0.333. The summed E-state index contributed by atoms with van der Waals surface area (Å²) in [5, 5.41) is 8.61. The molecule has 0 saturated carbocycles. The first kappa shape index (κ1) is 17.6. The van der Waals surface area contributed by atoms with Crippen molar-refractivity contribution in [1.29, 1.82) is 0 Å². The van der Waals surface area contributed by atoms with Crippen LogP contribution in [-0.2, 0) is 16.2 Å². The fourth-order valence-electron chi connectivity index (χ4n) is 2.64. The van der Waals surface area contributed by atoms with E-state index in [0.717, 1.165) is 23.9 Å². The largest absolute Gasteiger partial charge is 0.453 e. The fourth-order valence-corrected chi connectivity index (χ4v) is 3.15. The standard InChI is InChI=1S/C15H15F3N4O2S/c16-15(17,18)14-20-13(10-4-2-1-3-5-10)22(21-14)11-6-8-12(9-7-11)25(19,23)24/h4,6-9H,1-3,5H2,(H2,19,23,24). The molecule has 0 spiro atoms. The predicted molar refractivity (Wildman–Crippen MR) is 84.2 cm³/mol. The molecule has 0 unspecified atom stereocenters. The van der Waals surface area contributed by atoms with E-state index in [1.165, 1.54) is 24.3 Å². The van der Waals surface area contributed by atoms with E-state index in [4.69, 9.17) is 5.14 Å². The molecule has 1 aliphatic carbocycles. The molecule has 3 rings (SSSR count). The van der Waals surface area contributed by atoms with E-state index in [0.29, 0.717) is 12.0 Å². The van der Waals surface area contributed by atoms with Gasteiger partial charge in [-0.1, -0.05) is 6.08 Å². The number of sulfonamides is 1. The molecule has 1 aromatic heterocycles. The Hall–Kier alpha value is -2.20. The lowest BCUT2D eigenvalue weighted by atomic mass is 9.99. The van der Waals surface area contributed by atoms with Crippen LogP contribution in [0.1, 0.15) is 37.3 Å². The molecule has 10 heteroatoms. The van der Waals surface area contributed by atoms with E-state index >= 15 is 0 Å². The first-order valence-electron chi connectivity index (χ1n) is 7.53. The van der Waals surface area contributed by atoms with Crippen LogP contribution in [0.3, 0.4) is 0 Å². The number of alkyl halides is 3. The Morgan fingerprint density at radius 3 is 2.32 bits per heavy atom. The number of rotatable bonds is 3. The van der Waals surface area contributed by atoms with Crippen molar-refractivity contribution < 1.29 is 21.6 Å². The van der Waals surface area contributed by atoms with Gasteiger partial charge in [-0.3, -0.25) is 0 Å². The van der Waals surface area contributed by atoms with E-state index in [1.807, 2.05) is 6.08 Å². The van der Waals surface area contributed by atoms with Crippen LogP contribution >= 0.6 is 0 Å². The SMILES string of the molecule is NS(=O)(=O)c1ccc(-n2nc(C(F)(F)F)nc2C2=CCCCC2)cc1. The third-order valence-electron chi connectivity index (χ3n) is 3.85. The molecular formula is C15H15F3N4O2S. The number of hydrogen-bond acceptors (Lipinski definition) is 4. The van der Waals surface area contributed by atoms with Gasteiger partial charge >= 0.3 is 6.18 Å². The molecule has 1 heterocycles. The highest BCUT2D eigenvalue weighted by Gasteiger charge is 2.37. The summed E-state index contributed by atoms with van der Waals surface area (Å²) in [7, 11) is -3.89. The van der Waals surface area contributed by atoms with Crippen molar-refractivity contribution in [1.82, 2.24) is 14.8 Å². The molecule has 2 N–H and O–H groups in total. The second-order valence-corrected chi connectivity index (χ2v) is 7.24. The summed E-state index contributed by atoms with van der Waals surface area (Å²) < 4.78 is 62.8. The number of benzene rings is 1. The number of halogens is 3. The first-order valence-corrected chi connectivity index (χ1v) is 9.08. The maximum absolute atomic E-state index is 13.0. The van der Waals surface area contributed by atoms with Crippen LogP contribution < -0.4 is 5.14 Å². The Morgan fingerprint density at radius 2 is 1.80 bits per heavy atom. The Kier molecular flexibility index (Phi) is 4.41. The van der Waals surface area contributed by atoms with E-state index in [9.17, 15) is 21.6 Å². The minimum Gasteiger partial charge on any atom is -0.225 e. The van der Waals surface area contributed by atoms with Crippen molar-refractivity contribution in [2.75, 3.05) is 0 Å².